The fourth-order valence-electron chi connectivity index (χ4n) is 3.32. The van der Waals surface area contributed by atoms with Gasteiger partial charge < -0.3 is 0 Å². The SMILES string of the molecule is CC(=O)c1ccc2c(n1)[C@H]1[C@@H](CC2)C1(C)C. The quantitative estimate of drug-likeness (QED) is 0.674. The molecule has 16 heavy (non-hydrogen) atoms. The number of rotatable bonds is 1. The summed E-state index contributed by atoms with van der Waals surface area (Å²) in [5.41, 5.74) is 3.58. The molecule has 1 heterocycles. The van der Waals surface area contributed by atoms with Gasteiger partial charge >= 0.3 is 0 Å². The topological polar surface area (TPSA) is 30.0 Å². The fraction of sp³-hybridized carbons (Fsp3) is 0.571. The highest BCUT2D eigenvalue weighted by atomic mass is 16.1. The van der Waals surface area contributed by atoms with Crippen molar-refractivity contribution in [1.29, 1.82) is 0 Å². The molecule has 2 atom stereocenters. The van der Waals surface area contributed by atoms with Gasteiger partial charge in [0.25, 0.3) is 0 Å². The van der Waals surface area contributed by atoms with Gasteiger partial charge in [0, 0.05) is 18.5 Å². The minimum absolute atomic E-state index is 0.0726. The molecule has 1 aromatic heterocycles. The van der Waals surface area contributed by atoms with Gasteiger partial charge in [-0.15, -0.1) is 0 Å². The Kier molecular flexibility index (Phi) is 1.84. The molecule has 3 rings (SSSR count). The van der Waals surface area contributed by atoms with Gasteiger partial charge in [0.2, 0.25) is 0 Å². The highest BCUT2D eigenvalue weighted by Crippen LogP contribution is 2.68. The number of carbonyl (C=O) groups excluding carboxylic acids is 1. The van der Waals surface area contributed by atoms with Gasteiger partial charge in [-0.1, -0.05) is 19.9 Å². The van der Waals surface area contributed by atoms with Crippen LogP contribution in [-0.2, 0) is 6.42 Å². The van der Waals surface area contributed by atoms with Gasteiger partial charge in [-0.25, -0.2) is 4.98 Å². The van der Waals surface area contributed by atoms with E-state index in [1.54, 1.807) is 6.92 Å². The number of nitrogens with zero attached hydrogens (tertiary/aromatic N) is 1. The van der Waals surface area contributed by atoms with E-state index in [-0.39, 0.29) is 5.78 Å². The lowest BCUT2D eigenvalue weighted by Gasteiger charge is -2.14. The van der Waals surface area contributed by atoms with Crippen molar-refractivity contribution in [2.45, 2.75) is 39.5 Å². The normalized spacial score (nSPS) is 29.2. The molecule has 2 nitrogen and oxygen atoms in total. The minimum atomic E-state index is 0.0726. The molecular formula is C14H17NO. The van der Waals surface area contributed by atoms with Crippen LogP contribution in [0.2, 0.25) is 0 Å². The maximum Gasteiger partial charge on any atom is 0.178 e. The number of aromatic nitrogens is 1. The summed E-state index contributed by atoms with van der Waals surface area (Å²) in [5.74, 6) is 1.45. The number of hydrogen-bond acceptors (Lipinski definition) is 2. The zero-order valence-corrected chi connectivity index (χ0v) is 10.1. The maximum atomic E-state index is 11.4. The van der Waals surface area contributed by atoms with E-state index in [0.29, 0.717) is 17.0 Å². The van der Waals surface area contributed by atoms with Crippen LogP contribution in [0.1, 0.15) is 54.9 Å². The minimum Gasteiger partial charge on any atom is -0.293 e. The summed E-state index contributed by atoms with van der Waals surface area (Å²) < 4.78 is 0. The molecule has 1 aromatic rings. The van der Waals surface area contributed by atoms with E-state index >= 15 is 0 Å². The summed E-state index contributed by atoms with van der Waals surface area (Å²) in [6.45, 7) is 6.23. The Bertz CT molecular complexity index is 476. The highest BCUT2D eigenvalue weighted by molar-refractivity contribution is 5.92. The van der Waals surface area contributed by atoms with Gasteiger partial charge in [0.1, 0.15) is 5.69 Å². The second-order valence-corrected chi connectivity index (χ2v) is 5.74. The van der Waals surface area contributed by atoms with Crippen molar-refractivity contribution in [2.24, 2.45) is 11.3 Å². The Morgan fingerprint density at radius 1 is 1.44 bits per heavy atom. The second kappa shape index (κ2) is 2.93. The van der Waals surface area contributed by atoms with Gasteiger partial charge in [-0.2, -0.15) is 0 Å². The van der Waals surface area contributed by atoms with Crippen LogP contribution in [0.15, 0.2) is 12.1 Å². The van der Waals surface area contributed by atoms with Gasteiger partial charge in [-0.05, 0) is 35.8 Å². The molecule has 0 spiro atoms. The third-order valence-corrected chi connectivity index (χ3v) is 4.44. The summed E-state index contributed by atoms with van der Waals surface area (Å²) in [5, 5.41) is 0. The van der Waals surface area contributed by atoms with Crippen LogP contribution in [0.5, 0.6) is 0 Å². The fourth-order valence-corrected chi connectivity index (χ4v) is 3.32. The van der Waals surface area contributed by atoms with Crippen LogP contribution in [0.4, 0.5) is 0 Å². The zero-order chi connectivity index (χ0) is 11.5. The molecule has 0 amide bonds. The number of carbonyl (C=O) groups is 1. The predicted octanol–water partition coefficient (Wildman–Crippen LogP) is 2.97. The lowest BCUT2D eigenvalue weighted by Crippen LogP contribution is -2.08. The van der Waals surface area contributed by atoms with E-state index in [9.17, 15) is 4.79 Å². The van der Waals surface area contributed by atoms with E-state index < -0.39 is 0 Å². The third kappa shape index (κ3) is 1.19. The van der Waals surface area contributed by atoms with Gasteiger partial charge in [-0.3, -0.25) is 4.79 Å². The van der Waals surface area contributed by atoms with E-state index in [1.165, 1.54) is 17.7 Å². The molecule has 0 aliphatic heterocycles. The van der Waals surface area contributed by atoms with Crippen LogP contribution in [0, 0.1) is 11.3 Å². The Hall–Kier alpha value is -1.18. The summed E-state index contributed by atoms with van der Waals surface area (Å²) >= 11 is 0. The Labute approximate surface area is 96.1 Å². The number of ketones is 1. The molecule has 84 valence electrons. The van der Waals surface area contributed by atoms with E-state index in [4.69, 9.17) is 0 Å². The molecule has 0 N–H and O–H groups in total. The van der Waals surface area contributed by atoms with Crippen molar-refractivity contribution in [3.05, 3.63) is 29.1 Å². The van der Waals surface area contributed by atoms with Crippen molar-refractivity contribution < 1.29 is 4.79 Å². The standard InChI is InChI=1S/C14H17NO/c1-8(16)11-7-5-9-4-6-10-12(13(9)15-11)14(10,2)3/h5,7,10,12H,4,6H2,1-3H3/t10-,12-/m1/s1. The average molecular weight is 215 g/mol. The number of hydrogen-bond donors (Lipinski definition) is 0. The first-order valence-electron chi connectivity index (χ1n) is 6.02. The maximum absolute atomic E-state index is 11.4. The molecule has 1 saturated carbocycles. The summed E-state index contributed by atoms with van der Waals surface area (Å²) in [7, 11) is 0. The first-order valence-corrected chi connectivity index (χ1v) is 6.02. The molecule has 2 heteroatoms. The molecule has 2 aliphatic rings. The number of aryl methyl sites for hydroxylation is 1. The summed E-state index contributed by atoms with van der Waals surface area (Å²) in [6, 6.07) is 3.97. The van der Waals surface area contributed by atoms with Crippen molar-refractivity contribution in [3.63, 3.8) is 0 Å². The number of pyridine rings is 1. The third-order valence-electron chi connectivity index (χ3n) is 4.44. The van der Waals surface area contributed by atoms with E-state index in [1.807, 2.05) is 6.07 Å². The van der Waals surface area contributed by atoms with E-state index in [0.717, 1.165) is 12.3 Å². The summed E-state index contributed by atoms with van der Waals surface area (Å²) in [4.78, 5) is 15.9. The van der Waals surface area contributed by atoms with Gasteiger partial charge in [0.05, 0.1) is 0 Å². The molecule has 1 fully saturated rings. The number of fused-ring (bicyclic) bond motifs is 3. The second-order valence-electron chi connectivity index (χ2n) is 5.74. The first-order chi connectivity index (χ1) is 7.51. The van der Waals surface area contributed by atoms with Crippen LogP contribution < -0.4 is 0 Å². The molecule has 0 unspecified atom stereocenters. The van der Waals surface area contributed by atoms with E-state index in [2.05, 4.69) is 24.9 Å². The number of Topliss-reactive ketones (excluding diaryl/α,β-unsaturated/α-hetero) is 1. The average Bonchev–Trinajstić information content (AvgIpc) is 2.81. The van der Waals surface area contributed by atoms with Crippen molar-refractivity contribution >= 4 is 5.78 Å². The zero-order valence-electron chi connectivity index (χ0n) is 10.1. The first kappa shape index (κ1) is 10.0. The Morgan fingerprint density at radius 2 is 2.19 bits per heavy atom. The highest BCUT2D eigenvalue weighted by Gasteiger charge is 2.60. The lowest BCUT2D eigenvalue weighted by atomic mass is 9.95. The molecule has 0 saturated heterocycles. The molecular weight excluding hydrogens is 198 g/mol. The molecule has 0 aromatic carbocycles. The van der Waals surface area contributed by atoms with Crippen LogP contribution in [0.25, 0.3) is 0 Å². The van der Waals surface area contributed by atoms with Crippen molar-refractivity contribution in [3.8, 4) is 0 Å². The Morgan fingerprint density at radius 3 is 2.88 bits per heavy atom. The van der Waals surface area contributed by atoms with Crippen LogP contribution >= 0.6 is 0 Å². The largest absolute Gasteiger partial charge is 0.293 e. The van der Waals surface area contributed by atoms with Crippen molar-refractivity contribution in [2.75, 3.05) is 0 Å². The molecule has 0 radical (unpaired) electrons. The molecule has 0 bridgehead atoms. The summed E-state index contributed by atoms with van der Waals surface area (Å²) in [6.07, 6.45) is 2.41. The lowest BCUT2D eigenvalue weighted by molar-refractivity contribution is 0.101. The van der Waals surface area contributed by atoms with Crippen LogP contribution in [-0.4, -0.2) is 10.8 Å². The Balaban J connectivity index is 2.08. The molecule has 2 aliphatic carbocycles. The predicted molar refractivity (Wildman–Crippen MR) is 62.6 cm³/mol. The van der Waals surface area contributed by atoms with Gasteiger partial charge in [0.15, 0.2) is 5.78 Å². The smallest absolute Gasteiger partial charge is 0.178 e. The van der Waals surface area contributed by atoms with Crippen molar-refractivity contribution in [1.82, 2.24) is 4.98 Å². The monoisotopic (exact) mass is 215 g/mol. The van der Waals surface area contributed by atoms with Crippen LogP contribution in [0.3, 0.4) is 0 Å².